The van der Waals surface area contributed by atoms with Gasteiger partial charge >= 0.3 is 11.9 Å². The van der Waals surface area contributed by atoms with Crippen molar-refractivity contribution in [3.05, 3.63) is 122 Å². The molecular formula is C36H34N6O4S2. The molecule has 10 nitrogen and oxygen atoms in total. The zero-order valence-corrected chi connectivity index (χ0v) is 27.6. The van der Waals surface area contributed by atoms with Crippen LogP contribution in [0.25, 0.3) is 21.8 Å². The molecule has 2 unspecified atom stereocenters. The number of nitrogens with two attached hydrogens (primary N) is 2. The zero-order valence-electron chi connectivity index (χ0n) is 25.9. The molecule has 0 saturated carbocycles. The summed E-state index contributed by atoms with van der Waals surface area (Å²) >= 11 is 3.30. The Labute approximate surface area is 286 Å². The van der Waals surface area contributed by atoms with Crippen molar-refractivity contribution in [2.24, 2.45) is 11.5 Å². The second-order valence-electron chi connectivity index (χ2n) is 10.8. The number of esters is 2. The smallest absolute Gasteiger partial charge is 0.331 e. The van der Waals surface area contributed by atoms with Gasteiger partial charge in [-0.15, -0.1) is 0 Å². The molecule has 2 aromatic heterocycles. The van der Waals surface area contributed by atoms with Crippen LogP contribution < -0.4 is 11.5 Å². The van der Waals surface area contributed by atoms with Gasteiger partial charge in [0.2, 0.25) is 0 Å². The Morgan fingerprint density at radius 1 is 0.625 bits per heavy atom. The SMILES string of the molecule is NCC(Cn1ncc2ccc(Sc3ccccc3)cc21)OC(=O)/C=C/C(=O)OC(CN)Cn1ncc2ccc(Sc3ccccc3)cc21. The van der Waals surface area contributed by atoms with Crippen molar-refractivity contribution in [2.75, 3.05) is 13.1 Å². The number of benzene rings is 4. The van der Waals surface area contributed by atoms with Gasteiger partial charge in [0.05, 0.1) is 36.5 Å². The summed E-state index contributed by atoms with van der Waals surface area (Å²) in [5.74, 6) is -1.44. The highest BCUT2D eigenvalue weighted by molar-refractivity contribution is 7.99. The third-order valence-electron chi connectivity index (χ3n) is 7.39. The first kappa shape index (κ1) is 33.0. The second kappa shape index (κ2) is 15.8. The van der Waals surface area contributed by atoms with Crippen LogP contribution in [0, 0.1) is 0 Å². The van der Waals surface area contributed by atoms with Crippen LogP contribution >= 0.6 is 23.5 Å². The molecule has 0 spiro atoms. The van der Waals surface area contributed by atoms with Crippen molar-refractivity contribution in [1.29, 1.82) is 0 Å². The topological polar surface area (TPSA) is 140 Å². The number of fused-ring (bicyclic) bond motifs is 2. The van der Waals surface area contributed by atoms with E-state index in [1.54, 1.807) is 45.3 Å². The van der Waals surface area contributed by atoms with Crippen LogP contribution in [0.1, 0.15) is 0 Å². The number of carbonyl (C=O) groups excluding carboxylic acids is 2. The normalized spacial score (nSPS) is 12.8. The molecule has 6 aromatic rings. The van der Waals surface area contributed by atoms with Gasteiger partial charge in [-0.3, -0.25) is 9.36 Å². The Morgan fingerprint density at radius 3 is 1.44 bits per heavy atom. The average molecular weight is 679 g/mol. The van der Waals surface area contributed by atoms with E-state index in [2.05, 4.69) is 34.5 Å². The highest BCUT2D eigenvalue weighted by atomic mass is 32.2. The van der Waals surface area contributed by atoms with Gasteiger partial charge < -0.3 is 20.9 Å². The lowest BCUT2D eigenvalue weighted by atomic mass is 10.2. The molecule has 0 radical (unpaired) electrons. The molecule has 0 bridgehead atoms. The van der Waals surface area contributed by atoms with Crippen molar-refractivity contribution < 1.29 is 19.1 Å². The Morgan fingerprint density at radius 2 is 1.04 bits per heavy atom. The molecule has 2 atom stereocenters. The first-order valence-electron chi connectivity index (χ1n) is 15.3. The Kier molecular flexibility index (Phi) is 10.9. The molecule has 0 aliphatic rings. The van der Waals surface area contributed by atoms with Crippen LogP contribution in [0.15, 0.2) is 141 Å². The lowest BCUT2D eigenvalue weighted by Crippen LogP contribution is -2.31. The molecule has 48 heavy (non-hydrogen) atoms. The summed E-state index contributed by atoms with van der Waals surface area (Å²) in [4.78, 5) is 29.6. The monoisotopic (exact) mass is 678 g/mol. The van der Waals surface area contributed by atoms with Crippen LogP contribution in [0.5, 0.6) is 0 Å². The predicted molar refractivity (Wildman–Crippen MR) is 188 cm³/mol. The molecule has 0 aliphatic carbocycles. The van der Waals surface area contributed by atoms with Gasteiger partial charge in [0, 0.05) is 55.6 Å². The zero-order chi connectivity index (χ0) is 33.3. The molecule has 2 heterocycles. The maximum Gasteiger partial charge on any atom is 0.331 e. The Balaban J connectivity index is 1.04. The maximum atomic E-state index is 12.6. The Bertz CT molecular complexity index is 1880. The first-order valence-corrected chi connectivity index (χ1v) is 17.0. The lowest BCUT2D eigenvalue weighted by Gasteiger charge is -2.16. The summed E-state index contributed by atoms with van der Waals surface area (Å²) in [5, 5.41) is 10.9. The highest BCUT2D eigenvalue weighted by Gasteiger charge is 2.17. The van der Waals surface area contributed by atoms with E-state index in [1.807, 2.05) is 72.8 Å². The van der Waals surface area contributed by atoms with E-state index in [4.69, 9.17) is 20.9 Å². The average Bonchev–Trinajstić information content (AvgIpc) is 3.70. The molecular weight excluding hydrogens is 645 g/mol. The molecule has 6 rings (SSSR count). The summed E-state index contributed by atoms with van der Waals surface area (Å²) in [6, 6.07) is 32.4. The number of hydrogen-bond donors (Lipinski definition) is 2. The molecule has 0 fully saturated rings. The first-order chi connectivity index (χ1) is 23.5. The molecule has 0 saturated heterocycles. The van der Waals surface area contributed by atoms with Gasteiger partial charge in [0.15, 0.2) is 0 Å². The van der Waals surface area contributed by atoms with Crippen molar-refractivity contribution in [3.8, 4) is 0 Å². The minimum absolute atomic E-state index is 0.0719. The van der Waals surface area contributed by atoms with Gasteiger partial charge in [-0.05, 0) is 48.5 Å². The van der Waals surface area contributed by atoms with Gasteiger partial charge in [0.25, 0.3) is 0 Å². The van der Waals surface area contributed by atoms with Crippen LogP contribution in [0.3, 0.4) is 0 Å². The molecule has 244 valence electrons. The summed E-state index contributed by atoms with van der Waals surface area (Å²) in [6.07, 6.45) is 4.26. The fourth-order valence-electron chi connectivity index (χ4n) is 5.02. The number of carbonyl (C=O) groups is 2. The second-order valence-corrected chi connectivity index (χ2v) is 13.1. The van der Waals surface area contributed by atoms with E-state index in [0.717, 1.165) is 53.5 Å². The minimum atomic E-state index is -0.718. The van der Waals surface area contributed by atoms with E-state index in [9.17, 15) is 9.59 Å². The quantitative estimate of drug-likeness (QED) is 0.109. The van der Waals surface area contributed by atoms with Crippen LogP contribution in [-0.4, -0.2) is 56.8 Å². The molecule has 0 amide bonds. The van der Waals surface area contributed by atoms with E-state index in [1.165, 1.54) is 0 Å². The fourth-order valence-corrected chi connectivity index (χ4v) is 6.76. The third-order valence-corrected chi connectivity index (χ3v) is 9.39. The van der Waals surface area contributed by atoms with Crippen LogP contribution in [0.2, 0.25) is 0 Å². The summed E-state index contributed by atoms with van der Waals surface area (Å²) < 4.78 is 14.6. The summed E-state index contributed by atoms with van der Waals surface area (Å²) in [5.41, 5.74) is 13.7. The van der Waals surface area contributed by atoms with Gasteiger partial charge in [-0.1, -0.05) is 72.1 Å². The van der Waals surface area contributed by atoms with E-state index >= 15 is 0 Å². The van der Waals surface area contributed by atoms with Crippen LogP contribution in [0.4, 0.5) is 0 Å². The van der Waals surface area contributed by atoms with E-state index in [0.29, 0.717) is 0 Å². The number of hydrogen-bond acceptors (Lipinski definition) is 10. The van der Waals surface area contributed by atoms with E-state index < -0.39 is 24.1 Å². The minimum Gasteiger partial charge on any atom is -0.456 e. The molecule has 0 aliphatic heterocycles. The number of aromatic nitrogens is 4. The molecule has 4 aromatic carbocycles. The van der Waals surface area contributed by atoms with Crippen molar-refractivity contribution >= 4 is 57.3 Å². The van der Waals surface area contributed by atoms with Crippen LogP contribution in [-0.2, 0) is 32.2 Å². The van der Waals surface area contributed by atoms with Gasteiger partial charge in [-0.25, -0.2) is 9.59 Å². The lowest BCUT2D eigenvalue weighted by molar-refractivity contribution is -0.146. The number of rotatable bonds is 14. The maximum absolute atomic E-state index is 12.6. The largest absolute Gasteiger partial charge is 0.456 e. The van der Waals surface area contributed by atoms with Gasteiger partial charge in [0.1, 0.15) is 12.2 Å². The number of ether oxygens (including phenoxy) is 2. The predicted octanol–water partition coefficient (Wildman–Crippen LogP) is 5.69. The summed E-state index contributed by atoms with van der Waals surface area (Å²) in [7, 11) is 0. The fraction of sp³-hybridized carbons (Fsp3) is 0.167. The van der Waals surface area contributed by atoms with Gasteiger partial charge in [-0.2, -0.15) is 10.2 Å². The van der Waals surface area contributed by atoms with E-state index in [-0.39, 0.29) is 26.2 Å². The highest BCUT2D eigenvalue weighted by Crippen LogP contribution is 2.31. The summed E-state index contributed by atoms with van der Waals surface area (Å²) in [6.45, 7) is 0.648. The molecule has 4 N–H and O–H groups in total. The third kappa shape index (κ3) is 8.52. The van der Waals surface area contributed by atoms with Crippen molar-refractivity contribution in [3.63, 3.8) is 0 Å². The van der Waals surface area contributed by atoms with Crippen molar-refractivity contribution in [2.45, 2.75) is 44.9 Å². The standard InChI is InChI=1S/C36H34N6O4S2/c37-19-27(23-41-33-17-31(13-11-25(33)21-39-41)47-29-7-3-1-4-8-29)45-35(43)15-16-36(44)46-28(20-38)24-42-34-18-32(14-12-26(34)22-40-42)48-30-9-5-2-6-10-30/h1-18,21-22,27-28H,19-20,23-24,37-38H2/b16-15+. The number of nitrogens with zero attached hydrogens (tertiary/aromatic N) is 4. The molecule has 12 heteroatoms. The van der Waals surface area contributed by atoms with Crippen molar-refractivity contribution in [1.82, 2.24) is 19.6 Å². The Hall–Kier alpha value is -4.88.